The molecule has 0 spiro atoms. The standard InChI is InChI=1S/C9H12N8/c10-7-14-8(12-3-6-1-2-6)16-9(15-7)17-5-11-4-13-17/h4-6H,1-3H2,(H3,10,12,14,15,16). The van der Waals surface area contributed by atoms with Crippen LogP contribution >= 0.6 is 0 Å². The lowest BCUT2D eigenvalue weighted by atomic mass is 10.4. The molecule has 0 bridgehead atoms. The van der Waals surface area contributed by atoms with Crippen molar-refractivity contribution in [1.29, 1.82) is 0 Å². The SMILES string of the molecule is Nc1nc(NCC2CC2)nc(-n2cncn2)n1. The van der Waals surface area contributed by atoms with Gasteiger partial charge < -0.3 is 11.1 Å². The molecule has 0 aliphatic heterocycles. The van der Waals surface area contributed by atoms with Gasteiger partial charge >= 0.3 is 0 Å². The van der Waals surface area contributed by atoms with Crippen molar-refractivity contribution >= 4 is 11.9 Å². The fourth-order valence-electron chi connectivity index (χ4n) is 1.43. The zero-order valence-electron chi connectivity index (χ0n) is 9.11. The van der Waals surface area contributed by atoms with E-state index in [0.717, 1.165) is 12.5 Å². The summed E-state index contributed by atoms with van der Waals surface area (Å²) in [5, 5.41) is 7.09. The van der Waals surface area contributed by atoms with Crippen molar-refractivity contribution < 1.29 is 0 Å². The Labute approximate surface area is 97.3 Å². The maximum atomic E-state index is 5.62. The highest BCUT2D eigenvalue weighted by molar-refractivity contribution is 5.34. The summed E-state index contributed by atoms with van der Waals surface area (Å²) in [6.07, 6.45) is 5.46. The van der Waals surface area contributed by atoms with Gasteiger partial charge in [-0.1, -0.05) is 0 Å². The summed E-state index contributed by atoms with van der Waals surface area (Å²) in [5.41, 5.74) is 5.62. The Morgan fingerprint density at radius 2 is 2.24 bits per heavy atom. The normalized spacial score (nSPS) is 14.8. The molecule has 8 heteroatoms. The van der Waals surface area contributed by atoms with Crippen LogP contribution in [0.15, 0.2) is 12.7 Å². The number of nitrogens with zero attached hydrogens (tertiary/aromatic N) is 6. The van der Waals surface area contributed by atoms with Gasteiger partial charge in [-0.25, -0.2) is 4.98 Å². The van der Waals surface area contributed by atoms with E-state index in [1.165, 1.54) is 30.2 Å². The second-order valence-electron chi connectivity index (χ2n) is 3.98. The molecule has 0 radical (unpaired) electrons. The molecule has 88 valence electrons. The lowest BCUT2D eigenvalue weighted by Crippen LogP contribution is -2.12. The van der Waals surface area contributed by atoms with Gasteiger partial charge in [0.1, 0.15) is 12.7 Å². The molecular weight excluding hydrogens is 220 g/mol. The molecule has 3 rings (SSSR count). The predicted molar refractivity (Wildman–Crippen MR) is 60.4 cm³/mol. The molecule has 1 aliphatic rings. The van der Waals surface area contributed by atoms with Crippen molar-refractivity contribution in [2.45, 2.75) is 12.8 Å². The molecule has 1 aliphatic carbocycles. The fraction of sp³-hybridized carbons (Fsp3) is 0.444. The minimum absolute atomic E-state index is 0.170. The molecule has 17 heavy (non-hydrogen) atoms. The van der Waals surface area contributed by atoms with Gasteiger partial charge in [-0.2, -0.15) is 24.7 Å². The van der Waals surface area contributed by atoms with Gasteiger partial charge in [-0.15, -0.1) is 0 Å². The second-order valence-corrected chi connectivity index (χ2v) is 3.98. The van der Waals surface area contributed by atoms with Gasteiger partial charge in [-0.05, 0) is 18.8 Å². The van der Waals surface area contributed by atoms with Crippen LogP contribution in [0, 0.1) is 5.92 Å². The smallest absolute Gasteiger partial charge is 0.258 e. The molecule has 2 aromatic heterocycles. The number of aromatic nitrogens is 6. The summed E-state index contributed by atoms with van der Waals surface area (Å²) in [7, 11) is 0. The first kappa shape index (κ1) is 9.94. The quantitative estimate of drug-likeness (QED) is 0.755. The van der Waals surface area contributed by atoms with E-state index in [9.17, 15) is 0 Å². The van der Waals surface area contributed by atoms with Gasteiger partial charge in [0.15, 0.2) is 0 Å². The van der Waals surface area contributed by atoms with E-state index in [1.807, 2.05) is 0 Å². The first-order valence-corrected chi connectivity index (χ1v) is 5.42. The van der Waals surface area contributed by atoms with Crippen molar-refractivity contribution in [2.75, 3.05) is 17.6 Å². The highest BCUT2D eigenvalue weighted by Crippen LogP contribution is 2.28. The maximum absolute atomic E-state index is 5.62. The molecule has 0 aromatic carbocycles. The van der Waals surface area contributed by atoms with Crippen molar-refractivity contribution in [3.63, 3.8) is 0 Å². The summed E-state index contributed by atoms with van der Waals surface area (Å²) in [6.45, 7) is 0.875. The molecule has 2 aromatic rings. The van der Waals surface area contributed by atoms with Crippen LogP contribution in [0.1, 0.15) is 12.8 Å². The Morgan fingerprint density at radius 3 is 2.94 bits per heavy atom. The van der Waals surface area contributed by atoms with E-state index < -0.39 is 0 Å². The van der Waals surface area contributed by atoms with Crippen LogP contribution in [0.5, 0.6) is 0 Å². The van der Waals surface area contributed by atoms with Gasteiger partial charge in [0.25, 0.3) is 5.95 Å². The number of nitrogens with two attached hydrogens (primary N) is 1. The Morgan fingerprint density at radius 1 is 1.35 bits per heavy atom. The van der Waals surface area contributed by atoms with E-state index in [2.05, 4.69) is 30.4 Å². The number of anilines is 2. The van der Waals surface area contributed by atoms with Crippen LogP contribution in [0.2, 0.25) is 0 Å². The van der Waals surface area contributed by atoms with Crippen molar-refractivity contribution in [3.8, 4) is 5.95 Å². The van der Waals surface area contributed by atoms with Crippen LogP contribution in [0.4, 0.5) is 11.9 Å². The number of hydrogen-bond acceptors (Lipinski definition) is 7. The largest absolute Gasteiger partial charge is 0.368 e. The third-order valence-electron chi connectivity index (χ3n) is 2.51. The molecule has 2 heterocycles. The average molecular weight is 232 g/mol. The zero-order chi connectivity index (χ0) is 11.7. The van der Waals surface area contributed by atoms with E-state index in [-0.39, 0.29) is 5.95 Å². The predicted octanol–water partition coefficient (Wildman–Crippen LogP) is -0.144. The number of nitrogen functional groups attached to an aromatic ring is 1. The van der Waals surface area contributed by atoms with Gasteiger partial charge in [0, 0.05) is 6.54 Å². The van der Waals surface area contributed by atoms with Gasteiger partial charge in [0.05, 0.1) is 0 Å². The van der Waals surface area contributed by atoms with E-state index >= 15 is 0 Å². The molecule has 8 nitrogen and oxygen atoms in total. The first-order valence-electron chi connectivity index (χ1n) is 5.42. The fourth-order valence-corrected chi connectivity index (χ4v) is 1.43. The molecule has 0 saturated heterocycles. The van der Waals surface area contributed by atoms with E-state index in [4.69, 9.17) is 5.73 Å². The summed E-state index contributed by atoms with van der Waals surface area (Å²) in [5.74, 6) is 1.76. The van der Waals surface area contributed by atoms with Gasteiger partial charge in [0.2, 0.25) is 11.9 Å². The Balaban J connectivity index is 1.83. The molecular formula is C9H12N8. The monoisotopic (exact) mass is 232 g/mol. The zero-order valence-corrected chi connectivity index (χ0v) is 9.11. The lowest BCUT2D eigenvalue weighted by molar-refractivity contribution is 0.791. The van der Waals surface area contributed by atoms with Crippen molar-refractivity contribution in [3.05, 3.63) is 12.7 Å². The molecule has 0 unspecified atom stereocenters. The number of nitrogens with one attached hydrogen (secondary N) is 1. The minimum atomic E-state index is 0.170. The molecule has 1 saturated carbocycles. The lowest BCUT2D eigenvalue weighted by Gasteiger charge is -2.05. The van der Waals surface area contributed by atoms with Crippen LogP contribution in [0.25, 0.3) is 5.95 Å². The van der Waals surface area contributed by atoms with Crippen LogP contribution in [0.3, 0.4) is 0 Å². The highest BCUT2D eigenvalue weighted by Gasteiger charge is 2.21. The summed E-state index contributed by atoms with van der Waals surface area (Å²) >= 11 is 0. The van der Waals surface area contributed by atoms with E-state index in [1.54, 1.807) is 0 Å². The number of hydrogen-bond donors (Lipinski definition) is 2. The van der Waals surface area contributed by atoms with Crippen molar-refractivity contribution in [1.82, 2.24) is 29.7 Å². The van der Waals surface area contributed by atoms with Gasteiger partial charge in [-0.3, -0.25) is 0 Å². The number of rotatable bonds is 4. The average Bonchev–Trinajstić information content (AvgIpc) is 2.98. The molecule has 3 N–H and O–H groups in total. The Kier molecular flexibility index (Phi) is 2.32. The summed E-state index contributed by atoms with van der Waals surface area (Å²) < 4.78 is 1.44. The van der Waals surface area contributed by atoms with Crippen LogP contribution in [-0.2, 0) is 0 Å². The summed E-state index contributed by atoms with van der Waals surface area (Å²) in [4.78, 5) is 16.1. The molecule has 0 atom stereocenters. The summed E-state index contributed by atoms with van der Waals surface area (Å²) in [6, 6.07) is 0. The highest BCUT2D eigenvalue weighted by atomic mass is 15.4. The second kappa shape index (κ2) is 3.96. The third-order valence-corrected chi connectivity index (χ3v) is 2.51. The van der Waals surface area contributed by atoms with Crippen LogP contribution < -0.4 is 11.1 Å². The minimum Gasteiger partial charge on any atom is -0.368 e. The van der Waals surface area contributed by atoms with E-state index in [0.29, 0.717) is 11.9 Å². The van der Waals surface area contributed by atoms with Crippen LogP contribution in [-0.4, -0.2) is 36.3 Å². The first-order chi connectivity index (χ1) is 8.31. The third kappa shape index (κ3) is 2.30. The van der Waals surface area contributed by atoms with Crippen molar-refractivity contribution in [2.24, 2.45) is 5.92 Å². The topological polar surface area (TPSA) is 107 Å². The maximum Gasteiger partial charge on any atom is 0.258 e. The Bertz CT molecular complexity index is 504. The molecule has 1 fully saturated rings. The molecule has 0 amide bonds. The Hall–Kier alpha value is -2.25.